The fraction of sp³-hybridized carbons (Fsp3) is 0.523. The maximum Gasteiger partial charge on any atom is 0.329 e. The first-order valence-corrected chi connectivity index (χ1v) is 21.9. The van der Waals surface area contributed by atoms with Crippen LogP contribution in [-0.2, 0) is 26.1 Å². The largest absolute Gasteiger partial charge is 0.374 e. The summed E-state index contributed by atoms with van der Waals surface area (Å²) in [7, 11) is 1.66. The van der Waals surface area contributed by atoms with E-state index in [0.29, 0.717) is 34.8 Å². The lowest BCUT2D eigenvalue weighted by atomic mass is 9.85. The summed E-state index contributed by atoms with van der Waals surface area (Å²) in [6.45, 7) is 4.40. The Balaban J connectivity index is 0.700. The van der Waals surface area contributed by atoms with E-state index in [1.807, 2.05) is 18.2 Å². The van der Waals surface area contributed by atoms with Crippen molar-refractivity contribution < 1.29 is 32.6 Å². The fourth-order valence-electron chi connectivity index (χ4n) is 10.2. The molecule has 4 aromatic heterocycles. The summed E-state index contributed by atoms with van der Waals surface area (Å²) in [5, 5.41) is 13.6. The van der Waals surface area contributed by atoms with Crippen molar-refractivity contribution in [3.63, 3.8) is 0 Å². The van der Waals surface area contributed by atoms with Crippen molar-refractivity contribution in [1.29, 1.82) is 0 Å². The molecule has 5 aromatic rings. The highest BCUT2D eigenvalue weighted by Gasteiger charge is 2.40. The van der Waals surface area contributed by atoms with Crippen LogP contribution in [0.2, 0.25) is 0 Å². The second kappa shape index (κ2) is 17.0. The number of hydrogen-bond acceptors (Lipinski definition) is 11. The number of benzene rings is 1. The summed E-state index contributed by atoms with van der Waals surface area (Å²) in [4.78, 5) is 60.5. The third kappa shape index (κ3) is 8.00. The second-order valence-corrected chi connectivity index (χ2v) is 17.4. The average Bonchev–Trinajstić information content (AvgIpc) is 4.13. The molecular formula is C44H49F2N11O6. The summed E-state index contributed by atoms with van der Waals surface area (Å²) in [6, 6.07) is 6.73. The number of hydrogen-bond donors (Lipinski definition) is 2. The number of imide groups is 1. The summed E-state index contributed by atoms with van der Waals surface area (Å²) in [5.74, 6) is 6.11. The Morgan fingerprint density at radius 2 is 1.89 bits per heavy atom. The van der Waals surface area contributed by atoms with E-state index >= 15 is 0 Å². The highest BCUT2D eigenvalue weighted by Crippen LogP contribution is 2.36. The van der Waals surface area contributed by atoms with E-state index in [9.17, 15) is 28.0 Å². The number of imidazole rings is 1. The normalized spacial score (nSPS) is 24.4. The summed E-state index contributed by atoms with van der Waals surface area (Å²) < 4.78 is 46.5. The van der Waals surface area contributed by atoms with Gasteiger partial charge in [0.15, 0.2) is 11.3 Å². The van der Waals surface area contributed by atoms with E-state index in [0.717, 1.165) is 76.9 Å². The number of halogens is 2. The SMILES string of the molecule is Cn1c(=O)n(C2CCC(=O)NC2=O)c2cccc(C#CCOC3CCN(C[C@H]4CC[C@@H](n5cc(NC(=O)c6cnn7ccc(N8C[C@@H]9C[C@H]8CO9)nc67)c(C(F)F)n5)CC4)CC3)c21. The van der Waals surface area contributed by atoms with Gasteiger partial charge in [-0.05, 0) is 75.5 Å². The quantitative estimate of drug-likeness (QED) is 0.154. The number of ether oxygens (including phenoxy) is 2. The van der Waals surface area contributed by atoms with Crippen molar-refractivity contribution in [3.05, 3.63) is 70.2 Å². The molecule has 17 nitrogen and oxygen atoms in total. The van der Waals surface area contributed by atoms with Gasteiger partial charge in [0.25, 0.3) is 12.3 Å². The van der Waals surface area contributed by atoms with Gasteiger partial charge in [-0.3, -0.25) is 33.5 Å². The molecule has 10 rings (SSSR count). The number of amides is 3. The first-order chi connectivity index (χ1) is 30.6. The number of likely N-dealkylation sites (tertiary alicyclic amines) is 1. The topological polar surface area (TPSA) is 175 Å². The van der Waals surface area contributed by atoms with E-state index in [2.05, 4.69) is 42.5 Å². The molecule has 4 saturated heterocycles. The van der Waals surface area contributed by atoms with Gasteiger partial charge in [0, 0.05) is 52.0 Å². The Kier molecular flexibility index (Phi) is 11.1. The number of aromatic nitrogens is 7. The van der Waals surface area contributed by atoms with Crippen LogP contribution in [0.3, 0.4) is 0 Å². The van der Waals surface area contributed by atoms with E-state index in [1.54, 1.807) is 24.0 Å². The van der Waals surface area contributed by atoms with Crippen LogP contribution in [0.4, 0.5) is 20.3 Å². The number of anilines is 2. The zero-order valence-electron chi connectivity index (χ0n) is 34.9. The van der Waals surface area contributed by atoms with Crippen molar-refractivity contribution in [2.24, 2.45) is 13.0 Å². The lowest BCUT2D eigenvalue weighted by Gasteiger charge is -2.36. The summed E-state index contributed by atoms with van der Waals surface area (Å²) >= 11 is 0. The van der Waals surface area contributed by atoms with Crippen LogP contribution >= 0.6 is 0 Å². The molecule has 63 heavy (non-hydrogen) atoms. The molecule has 5 fully saturated rings. The minimum Gasteiger partial charge on any atom is -0.374 e. The molecule has 5 aliphatic rings. The number of alkyl halides is 2. The fourth-order valence-corrected chi connectivity index (χ4v) is 10.2. The van der Waals surface area contributed by atoms with Crippen LogP contribution in [0.25, 0.3) is 16.7 Å². The second-order valence-electron chi connectivity index (χ2n) is 17.4. The summed E-state index contributed by atoms with van der Waals surface area (Å²) in [5.41, 5.74) is 1.62. The van der Waals surface area contributed by atoms with Gasteiger partial charge in [0.05, 0.1) is 59.4 Å². The van der Waals surface area contributed by atoms with E-state index < -0.39 is 30.0 Å². The number of fused-ring (bicyclic) bond motifs is 4. The predicted molar refractivity (Wildman–Crippen MR) is 226 cm³/mol. The molecule has 1 unspecified atom stereocenters. The van der Waals surface area contributed by atoms with Crippen LogP contribution in [0.1, 0.15) is 97.9 Å². The van der Waals surface area contributed by atoms with Crippen molar-refractivity contribution in [2.75, 3.05) is 49.6 Å². The lowest BCUT2D eigenvalue weighted by Crippen LogP contribution is -2.44. The molecule has 4 aliphatic heterocycles. The van der Waals surface area contributed by atoms with Crippen molar-refractivity contribution in [1.82, 2.24) is 43.7 Å². The van der Waals surface area contributed by atoms with Crippen molar-refractivity contribution in [3.8, 4) is 11.8 Å². The number of rotatable bonds is 10. The maximum atomic E-state index is 14.3. The Bertz CT molecular complexity index is 2700. The number of piperidine rings is 2. The van der Waals surface area contributed by atoms with Gasteiger partial charge in [-0.15, -0.1) is 0 Å². The number of morpholine rings is 1. The minimum atomic E-state index is -2.86. The summed E-state index contributed by atoms with van der Waals surface area (Å²) in [6.07, 6.45) is 8.73. The zero-order valence-corrected chi connectivity index (χ0v) is 34.9. The first kappa shape index (κ1) is 41.1. The molecule has 3 atom stereocenters. The molecule has 8 heterocycles. The number of aryl methyl sites for hydroxylation is 1. The van der Waals surface area contributed by atoms with Gasteiger partial charge in [-0.1, -0.05) is 17.9 Å². The maximum absolute atomic E-state index is 14.3. The smallest absolute Gasteiger partial charge is 0.329 e. The number of nitrogens with one attached hydrogen (secondary N) is 2. The molecular weight excluding hydrogens is 817 g/mol. The standard InChI is InChI=1S/C44H49F2N11O6/c1-52-39-27(4-2-6-34(39)57(44(52)61)35-11-12-37(58)50-43(35)60)5-3-19-62-30-13-16-53(17-14-30)22-26-7-9-28(10-8-26)56-24-33(38(51-56)40(45)46)48-42(59)32-21-47-55-18-15-36(49-41(32)55)54-23-31-20-29(54)25-63-31/h2,4,6,15,18,21,24,26,28-31,35,40H,7-14,16-17,19-20,22-23,25H2,1H3,(H,48,59)(H,50,58,60)/t26-,28+,29-,31-,35?/m0/s1. The monoisotopic (exact) mass is 865 g/mol. The van der Waals surface area contributed by atoms with Crippen LogP contribution in [0.15, 0.2) is 47.7 Å². The number of carbonyl (C=O) groups is 3. The predicted octanol–water partition coefficient (Wildman–Crippen LogP) is 3.99. The van der Waals surface area contributed by atoms with Gasteiger partial charge in [-0.25, -0.2) is 23.1 Å². The van der Waals surface area contributed by atoms with Gasteiger partial charge in [0.2, 0.25) is 11.8 Å². The molecule has 0 radical (unpaired) electrons. The van der Waals surface area contributed by atoms with Crippen molar-refractivity contribution >= 4 is 45.9 Å². The van der Waals surface area contributed by atoms with Crippen LogP contribution < -0.4 is 21.2 Å². The molecule has 1 aliphatic carbocycles. The van der Waals surface area contributed by atoms with Gasteiger partial charge in [-0.2, -0.15) is 10.2 Å². The van der Waals surface area contributed by atoms with Crippen molar-refractivity contribution in [2.45, 2.75) is 94.5 Å². The number of carbonyl (C=O) groups excluding carboxylic acids is 3. The molecule has 2 bridgehead atoms. The molecule has 1 saturated carbocycles. The molecule has 0 spiro atoms. The third-order valence-corrected chi connectivity index (χ3v) is 13.5. The minimum absolute atomic E-state index is 0.0104. The molecule has 330 valence electrons. The van der Waals surface area contributed by atoms with Gasteiger partial charge in [0.1, 0.15) is 24.0 Å². The van der Waals surface area contributed by atoms with Gasteiger partial charge >= 0.3 is 5.69 Å². The number of nitrogens with zero attached hydrogens (tertiary/aromatic N) is 9. The van der Waals surface area contributed by atoms with Crippen LogP contribution in [0, 0.1) is 17.8 Å². The Morgan fingerprint density at radius 3 is 2.63 bits per heavy atom. The molecule has 3 amide bonds. The van der Waals surface area contributed by atoms with Crippen LogP contribution in [-0.4, -0.2) is 114 Å². The van der Waals surface area contributed by atoms with E-state index in [1.165, 1.54) is 26.0 Å². The third-order valence-electron chi connectivity index (χ3n) is 13.5. The van der Waals surface area contributed by atoms with Gasteiger partial charge < -0.3 is 24.6 Å². The molecule has 19 heteroatoms. The average molecular weight is 866 g/mol. The first-order valence-electron chi connectivity index (χ1n) is 21.9. The van der Waals surface area contributed by atoms with E-state index in [4.69, 9.17) is 14.5 Å². The highest BCUT2D eigenvalue weighted by molar-refractivity contribution is 6.08. The highest BCUT2D eigenvalue weighted by atomic mass is 19.3. The molecule has 2 N–H and O–H groups in total. The van der Waals surface area contributed by atoms with Crippen LogP contribution in [0.5, 0.6) is 0 Å². The Hall–Kier alpha value is -5.97. The Labute approximate surface area is 360 Å². The number of para-hydroxylation sites is 1. The zero-order chi connectivity index (χ0) is 43.4. The van der Waals surface area contributed by atoms with E-state index in [-0.39, 0.29) is 66.6 Å². The Morgan fingerprint density at radius 1 is 1.06 bits per heavy atom. The molecule has 1 aromatic carbocycles. The lowest BCUT2D eigenvalue weighted by molar-refractivity contribution is -0.135.